The van der Waals surface area contributed by atoms with Gasteiger partial charge in [0.25, 0.3) is 0 Å². The summed E-state index contributed by atoms with van der Waals surface area (Å²) in [5.74, 6) is 0.931. The Morgan fingerprint density at radius 2 is 2.29 bits per heavy atom. The van der Waals surface area contributed by atoms with Crippen molar-refractivity contribution in [2.45, 2.75) is 32.5 Å². The molecule has 1 rings (SSSR count). The van der Waals surface area contributed by atoms with Gasteiger partial charge in [0.2, 0.25) is 0 Å². The van der Waals surface area contributed by atoms with Crippen LogP contribution in [-0.4, -0.2) is 34.0 Å². The van der Waals surface area contributed by atoms with Crippen molar-refractivity contribution in [3.05, 3.63) is 12.2 Å². The lowest BCUT2D eigenvalue weighted by molar-refractivity contribution is 0.0879. The Labute approximate surface area is 84.5 Å². The molecule has 0 saturated carbocycles. The molecule has 1 aromatic rings. The van der Waals surface area contributed by atoms with Crippen LogP contribution in [0.2, 0.25) is 0 Å². The Hall–Kier alpha value is -0.940. The Morgan fingerprint density at radius 1 is 1.57 bits per heavy atom. The van der Waals surface area contributed by atoms with E-state index in [0.717, 1.165) is 5.82 Å². The summed E-state index contributed by atoms with van der Waals surface area (Å²) in [6.45, 7) is 4.84. The van der Waals surface area contributed by atoms with Gasteiger partial charge in [-0.2, -0.15) is 0 Å². The van der Waals surface area contributed by atoms with Gasteiger partial charge in [0.1, 0.15) is 12.2 Å². The van der Waals surface area contributed by atoms with E-state index < -0.39 is 0 Å². The second-order valence-electron chi connectivity index (χ2n) is 3.47. The average Bonchev–Trinajstić information content (AvgIpc) is 2.59. The molecule has 1 aromatic heterocycles. The minimum Gasteiger partial charge on any atom is -0.380 e. The Balaban J connectivity index is 2.37. The van der Waals surface area contributed by atoms with Crippen molar-refractivity contribution in [3.63, 3.8) is 0 Å². The fraction of sp³-hybridized carbons (Fsp3) is 0.778. The number of methoxy groups -OCH3 is 1. The molecule has 1 heterocycles. The lowest BCUT2D eigenvalue weighted by atomic mass is 10.2. The zero-order valence-corrected chi connectivity index (χ0v) is 9.19. The first-order chi connectivity index (χ1) is 6.65. The first-order valence-electron chi connectivity index (χ1n) is 4.74. The molecule has 0 radical (unpaired) electrons. The molecule has 5 heteroatoms. The normalized spacial score (nSPS) is 15.4. The quantitative estimate of drug-likeness (QED) is 0.740. The number of ether oxygens (including phenoxy) is 1. The van der Waals surface area contributed by atoms with Crippen LogP contribution in [-0.2, 0) is 18.3 Å². The van der Waals surface area contributed by atoms with Crippen molar-refractivity contribution in [1.82, 2.24) is 20.1 Å². The molecule has 0 spiro atoms. The summed E-state index contributed by atoms with van der Waals surface area (Å²) in [5.41, 5.74) is 0. The van der Waals surface area contributed by atoms with Crippen LogP contribution in [0.3, 0.4) is 0 Å². The molecule has 0 saturated heterocycles. The summed E-state index contributed by atoms with van der Waals surface area (Å²) < 4.78 is 7.11. The molecule has 80 valence electrons. The summed E-state index contributed by atoms with van der Waals surface area (Å²) in [5, 5.41) is 11.1. The van der Waals surface area contributed by atoms with E-state index in [1.54, 1.807) is 13.4 Å². The van der Waals surface area contributed by atoms with Crippen LogP contribution >= 0.6 is 0 Å². The molecular weight excluding hydrogens is 180 g/mol. The lowest BCUT2D eigenvalue weighted by Gasteiger charge is -2.19. The molecule has 0 fully saturated rings. The molecule has 0 aliphatic carbocycles. The van der Waals surface area contributed by atoms with Crippen LogP contribution in [0.1, 0.15) is 19.7 Å². The van der Waals surface area contributed by atoms with Crippen molar-refractivity contribution < 1.29 is 4.74 Å². The molecule has 2 unspecified atom stereocenters. The highest BCUT2D eigenvalue weighted by molar-refractivity contribution is 4.84. The summed E-state index contributed by atoms with van der Waals surface area (Å²) in [6, 6.07) is 0.302. The number of nitrogens with one attached hydrogen (secondary N) is 1. The van der Waals surface area contributed by atoms with Gasteiger partial charge in [-0.3, -0.25) is 0 Å². The van der Waals surface area contributed by atoms with E-state index in [9.17, 15) is 0 Å². The number of rotatable bonds is 5. The van der Waals surface area contributed by atoms with Gasteiger partial charge in [-0.05, 0) is 13.8 Å². The number of hydrogen-bond acceptors (Lipinski definition) is 4. The van der Waals surface area contributed by atoms with Crippen molar-refractivity contribution in [2.24, 2.45) is 7.05 Å². The smallest absolute Gasteiger partial charge is 0.146 e. The van der Waals surface area contributed by atoms with Crippen molar-refractivity contribution in [3.8, 4) is 0 Å². The second-order valence-corrected chi connectivity index (χ2v) is 3.47. The van der Waals surface area contributed by atoms with Gasteiger partial charge in [0, 0.05) is 20.2 Å². The molecule has 0 amide bonds. The fourth-order valence-electron chi connectivity index (χ4n) is 1.09. The SMILES string of the molecule is COC(C)C(C)NCc1nncn1C. The zero-order chi connectivity index (χ0) is 10.6. The van der Waals surface area contributed by atoms with Crippen LogP contribution in [0.15, 0.2) is 6.33 Å². The summed E-state index contributed by atoms with van der Waals surface area (Å²) in [6.07, 6.45) is 1.89. The van der Waals surface area contributed by atoms with Gasteiger partial charge in [-0.25, -0.2) is 0 Å². The molecule has 14 heavy (non-hydrogen) atoms. The topological polar surface area (TPSA) is 52.0 Å². The molecule has 5 nitrogen and oxygen atoms in total. The fourth-order valence-corrected chi connectivity index (χ4v) is 1.09. The maximum absolute atomic E-state index is 5.21. The zero-order valence-electron chi connectivity index (χ0n) is 9.19. The molecule has 0 aromatic carbocycles. The third kappa shape index (κ3) is 2.78. The highest BCUT2D eigenvalue weighted by Crippen LogP contribution is 1.98. The van der Waals surface area contributed by atoms with Gasteiger partial charge in [-0.1, -0.05) is 0 Å². The predicted octanol–water partition coefficient (Wildman–Crippen LogP) is 0.328. The molecule has 1 N–H and O–H groups in total. The number of aryl methyl sites for hydroxylation is 1. The number of nitrogens with zero attached hydrogens (tertiary/aromatic N) is 3. The number of aromatic nitrogens is 3. The standard InChI is InChI=1S/C9H18N4O/c1-7(8(2)14-4)10-5-9-12-11-6-13(9)3/h6-8,10H,5H2,1-4H3. The first-order valence-corrected chi connectivity index (χ1v) is 4.74. The maximum atomic E-state index is 5.21. The van der Waals surface area contributed by atoms with Crippen LogP contribution in [0, 0.1) is 0 Å². The van der Waals surface area contributed by atoms with E-state index in [-0.39, 0.29) is 6.10 Å². The minimum absolute atomic E-state index is 0.197. The largest absolute Gasteiger partial charge is 0.380 e. The average molecular weight is 198 g/mol. The van der Waals surface area contributed by atoms with Gasteiger partial charge < -0.3 is 14.6 Å². The van der Waals surface area contributed by atoms with Crippen molar-refractivity contribution >= 4 is 0 Å². The maximum Gasteiger partial charge on any atom is 0.146 e. The Morgan fingerprint density at radius 3 is 2.79 bits per heavy atom. The molecule has 0 bridgehead atoms. The minimum atomic E-state index is 0.197. The summed E-state index contributed by atoms with van der Waals surface area (Å²) >= 11 is 0. The van der Waals surface area contributed by atoms with E-state index in [0.29, 0.717) is 12.6 Å². The number of hydrogen-bond donors (Lipinski definition) is 1. The van der Waals surface area contributed by atoms with Crippen molar-refractivity contribution in [2.75, 3.05) is 7.11 Å². The van der Waals surface area contributed by atoms with Crippen LogP contribution in [0.25, 0.3) is 0 Å². The van der Waals surface area contributed by atoms with E-state index in [2.05, 4.69) is 22.4 Å². The summed E-state index contributed by atoms with van der Waals surface area (Å²) in [7, 11) is 3.65. The van der Waals surface area contributed by atoms with E-state index in [1.807, 2.05) is 18.5 Å². The van der Waals surface area contributed by atoms with Crippen LogP contribution < -0.4 is 5.32 Å². The molecular formula is C9H18N4O. The predicted molar refractivity (Wildman–Crippen MR) is 53.8 cm³/mol. The monoisotopic (exact) mass is 198 g/mol. The first kappa shape index (κ1) is 11.1. The molecule has 0 aliphatic rings. The highest BCUT2D eigenvalue weighted by Gasteiger charge is 2.11. The van der Waals surface area contributed by atoms with E-state index >= 15 is 0 Å². The molecule has 0 aliphatic heterocycles. The van der Waals surface area contributed by atoms with Gasteiger partial charge in [0.15, 0.2) is 0 Å². The third-order valence-corrected chi connectivity index (χ3v) is 2.46. The molecule has 2 atom stereocenters. The Bertz CT molecular complexity index is 274. The Kier molecular flexibility index (Phi) is 4.03. The van der Waals surface area contributed by atoms with Gasteiger partial charge >= 0.3 is 0 Å². The van der Waals surface area contributed by atoms with Crippen LogP contribution in [0.5, 0.6) is 0 Å². The van der Waals surface area contributed by atoms with Crippen molar-refractivity contribution in [1.29, 1.82) is 0 Å². The third-order valence-electron chi connectivity index (χ3n) is 2.46. The summed E-state index contributed by atoms with van der Waals surface area (Å²) in [4.78, 5) is 0. The second kappa shape index (κ2) is 5.07. The van der Waals surface area contributed by atoms with E-state index in [1.165, 1.54) is 0 Å². The van der Waals surface area contributed by atoms with E-state index in [4.69, 9.17) is 4.74 Å². The van der Waals surface area contributed by atoms with Crippen LogP contribution in [0.4, 0.5) is 0 Å². The van der Waals surface area contributed by atoms with Gasteiger partial charge in [0.05, 0.1) is 12.6 Å². The highest BCUT2D eigenvalue weighted by atomic mass is 16.5. The van der Waals surface area contributed by atoms with Gasteiger partial charge in [-0.15, -0.1) is 10.2 Å². The lowest BCUT2D eigenvalue weighted by Crippen LogP contribution is -2.36.